The third-order valence-electron chi connectivity index (χ3n) is 5.54. The van der Waals surface area contributed by atoms with Crippen molar-refractivity contribution in [3.8, 4) is 5.82 Å². The van der Waals surface area contributed by atoms with E-state index >= 15 is 0 Å². The van der Waals surface area contributed by atoms with Crippen LogP contribution in [0.25, 0.3) is 27.5 Å². The Bertz CT molecular complexity index is 1580. The summed E-state index contributed by atoms with van der Waals surface area (Å²) < 4.78 is 1.48. The van der Waals surface area contributed by atoms with Crippen molar-refractivity contribution in [2.75, 3.05) is 5.32 Å². The van der Waals surface area contributed by atoms with Crippen molar-refractivity contribution >= 4 is 45.0 Å². The zero-order chi connectivity index (χ0) is 23.7. The van der Waals surface area contributed by atoms with E-state index in [1.165, 1.54) is 16.3 Å². The van der Waals surface area contributed by atoms with E-state index in [1.807, 2.05) is 67.6 Å². The van der Waals surface area contributed by atoms with Crippen molar-refractivity contribution < 1.29 is 4.79 Å². The second-order valence-corrected chi connectivity index (χ2v) is 9.37. The highest BCUT2D eigenvalue weighted by Crippen LogP contribution is 2.26. The summed E-state index contributed by atoms with van der Waals surface area (Å²) >= 11 is 1.23. The van der Waals surface area contributed by atoms with Crippen molar-refractivity contribution in [1.29, 1.82) is 0 Å². The maximum atomic E-state index is 13.4. The zero-order valence-electron chi connectivity index (χ0n) is 18.7. The highest BCUT2D eigenvalue weighted by Gasteiger charge is 2.21. The molecule has 1 atom stereocenters. The summed E-state index contributed by atoms with van der Waals surface area (Å²) in [5.41, 5.74) is 2.08. The Morgan fingerprint density at radius 3 is 2.53 bits per heavy atom. The number of aryl methyl sites for hydroxylation is 1. The minimum atomic E-state index is -0.503. The molecule has 7 heteroatoms. The number of hydrogen-bond donors (Lipinski definition) is 1. The number of hydrogen-bond acceptors (Lipinski definition) is 5. The van der Waals surface area contributed by atoms with Crippen LogP contribution in [-0.2, 0) is 4.79 Å². The van der Waals surface area contributed by atoms with Crippen LogP contribution in [0.4, 0.5) is 5.69 Å². The molecule has 0 aliphatic carbocycles. The Hall–Kier alpha value is -3.97. The van der Waals surface area contributed by atoms with Gasteiger partial charge in [0.05, 0.1) is 16.2 Å². The second kappa shape index (κ2) is 9.11. The number of carbonyl (C=O) groups is 1. The molecule has 168 valence electrons. The molecular formula is C27H22N4O2S. The summed E-state index contributed by atoms with van der Waals surface area (Å²) in [5, 5.41) is 5.56. The van der Waals surface area contributed by atoms with Crippen LogP contribution in [0.5, 0.6) is 0 Å². The van der Waals surface area contributed by atoms with Gasteiger partial charge in [0.15, 0.2) is 5.16 Å². The molecule has 3 aromatic carbocycles. The summed E-state index contributed by atoms with van der Waals surface area (Å²) in [4.78, 5) is 35.5. The first-order chi connectivity index (χ1) is 16.5. The van der Waals surface area contributed by atoms with Gasteiger partial charge >= 0.3 is 0 Å². The zero-order valence-corrected chi connectivity index (χ0v) is 19.5. The summed E-state index contributed by atoms with van der Waals surface area (Å²) in [6.07, 6.45) is 1.71. The van der Waals surface area contributed by atoms with Gasteiger partial charge in [-0.3, -0.25) is 9.59 Å². The van der Waals surface area contributed by atoms with Gasteiger partial charge in [0, 0.05) is 11.9 Å². The number of para-hydroxylation sites is 1. The molecule has 2 aromatic heterocycles. The molecule has 0 aliphatic heterocycles. The van der Waals surface area contributed by atoms with Crippen LogP contribution in [0.1, 0.15) is 12.5 Å². The van der Waals surface area contributed by atoms with Crippen LogP contribution in [0.3, 0.4) is 0 Å². The van der Waals surface area contributed by atoms with Gasteiger partial charge in [-0.1, -0.05) is 60.3 Å². The van der Waals surface area contributed by atoms with E-state index in [0.717, 1.165) is 22.0 Å². The van der Waals surface area contributed by atoms with Crippen LogP contribution >= 0.6 is 11.8 Å². The van der Waals surface area contributed by atoms with E-state index in [1.54, 1.807) is 31.3 Å². The topological polar surface area (TPSA) is 76.9 Å². The van der Waals surface area contributed by atoms with Crippen molar-refractivity contribution in [3.05, 3.63) is 101 Å². The fourth-order valence-electron chi connectivity index (χ4n) is 3.71. The molecule has 0 spiro atoms. The normalized spacial score (nSPS) is 12.1. The largest absolute Gasteiger partial charge is 0.325 e. The SMILES string of the molecule is Cc1ccc(-n2c(SC(C)C(=O)Nc3ccc4ccccc4c3)nc3ccccc3c2=O)nc1. The van der Waals surface area contributed by atoms with Crippen molar-refractivity contribution in [1.82, 2.24) is 14.5 Å². The predicted molar refractivity (Wildman–Crippen MR) is 138 cm³/mol. The van der Waals surface area contributed by atoms with Crippen LogP contribution in [0.2, 0.25) is 0 Å². The van der Waals surface area contributed by atoms with Gasteiger partial charge in [-0.05, 0) is 60.5 Å². The number of fused-ring (bicyclic) bond motifs is 2. The van der Waals surface area contributed by atoms with Crippen LogP contribution < -0.4 is 10.9 Å². The lowest BCUT2D eigenvalue weighted by Crippen LogP contribution is -2.26. The van der Waals surface area contributed by atoms with Crippen molar-refractivity contribution in [3.63, 3.8) is 0 Å². The first-order valence-electron chi connectivity index (χ1n) is 10.9. The smallest absolute Gasteiger partial charge is 0.267 e. The molecule has 2 heterocycles. The lowest BCUT2D eigenvalue weighted by molar-refractivity contribution is -0.115. The van der Waals surface area contributed by atoms with Gasteiger partial charge in [0.2, 0.25) is 5.91 Å². The molecule has 6 nitrogen and oxygen atoms in total. The maximum Gasteiger partial charge on any atom is 0.267 e. The molecule has 0 radical (unpaired) electrons. The fraction of sp³-hybridized carbons (Fsp3) is 0.111. The number of thioether (sulfide) groups is 1. The number of aromatic nitrogens is 3. The second-order valence-electron chi connectivity index (χ2n) is 8.06. The number of benzene rings is 3. The third-order valence-corrected chi connectivity index (χ3v) is 6.59. The van der Waals surface area contributed by atoms with Crippen molar-refractivity contribution in [2.45, 2.75) is 24.3 Å². The molecule has 34 heavy (non-hydrogen) atoms. The van der Waals surface area contributed by atoms with Crippen LogP contribution in [0.15, 0.2) is 95.0 Å². The number of nitrogens with one attached hydrogen (secondary N) is 1. The number of anilines is 1. The molecule has 0 aliphatic rings. The van der Waals surface area contributed by atoms with E-state index in [0.29, 0.717) is 21.9 Å². The standard InChI is InChI=1S/C27H22N4O2S/c1-17-11-14-24(28-16-17)31-26(33)22-9-5-6-10-23(22)30-27(31)34-18(2)25(32)29-21-13-12-19-7-3-4-8-20(19)15-21/h3-16,18H,1-2H3,(H,29,32). The number of rotatable bonds is 5. The molecule has 1 N–H and O–H groups in total. The third kappa shape index (κ3) is 4.30. The number of nitrogens with zero attached hydrogens (tertiary/aromatic N) is 3. The summed E-state index contributed by atoms with van der Waals surface area (Å²) in [6, 6.07) is 24.7. The van der Waals surface area contributed by atoms with Crippen LogP contribution in [0, 0.1) is 6.92 Å². The minimum Gasteiger partial charge on any atom is -0.325 e. The molecule has 0 bridgehead atoms. The average molecular weight is 467 g/mol. The van der Waals surface area contributed by atoms with Gasteiger partial charge in [0.25, 0.3) is 5.56 Å². The summed E-state index contributed by atoms with van der Waals surface area (Å²) in [7, 11) is 0. The predicted octanol–water partition coefficient (Wildman–Crippen LogP) is 5.36. The molecule has 0 fully saturated rings. The summed E-state index contributed by atoms with van der Waals surface area (Å²) in [6.45, 7) is 3.74. The highest BCUT2D eigenvalue weighted by molar-refractivity contribution is 8.00. The first kappa shape index (κ1) is 21.9. The highest BCUT2D eigenvalue weighted by atomic mass is 32.2. The molecular weight excluding hydrogens is 444 g/mol. The Morgan fingerprint density at radius 2 is 1.74 bits per heavy atom. The van der Waals surface area contributed by atoms with E-state index in [4.69, 9.17) is 4.98 Å². The Balaban J connectivity index is 1.48. The maximum absolute atomic E-state index is 13.4. The number of amides is 1. The van der Waals surface area contributed by atoms with E-state index in [2.05, 4.69) is 10.3 Å². The minimum absolute atomic E-state index is 0.175. The lowest BCUT2D eigenvalue weighted by atomic mass is 10.1. The molecule has 0 saturated carbocycles. The van der Waals surface area contributed by atoms with E-state index in [9.17, 15) is 9.59 Å². The first-order valence-corrected chi connectivity index (χ1v) is 11.8. The lowest BCUT2D eigenvalue weighted by Gasteiger charge is -2.16. The Morgan fingerprint density at radius 1 is 0.971 bits per heavy atom. The number of carbonyl (C=O) groups excluding carboxylic acids is 1. The Labute approximate surface area is 200 Å². The van der Waals surface area contributed by atoms with Gasteiger partial charge in [-0.15, -0.1) is 0 Å². The van der Waals surface area contributed by atoms with E-state index < -0.39 is 5.25 Å². The molecule has 1 unspecified atom stereocenters. The molecule has 5 aromatic rings. The van der Waals surface area contributed by atoms with Crippen LogP contribution in [-0.4, -0.2) is 25.7 Å². The Kier molecular flexibility index (Phi) is 5.86. The van der Waals surface area contributed by atoms with Gasteiger partial charge in [-0.25, -0.2) is 14.5 Å². The number of pyridine rings is 1. The van der Waals surface area contributed by atoms with Gasteiger partial charge in [-0.2, -0.15) is 0 Å². The quantitative estimate of drug-likeness (QED) is 0.279. The van der Waals surface area contributed by atoms with Crippen molar-refractivity contribution in [2.24, 2.45) is 0 Å². The van der Waals surface area contributed by atoms with E-state index in [-0.39, 0.29) is 11.5 Å². The molecule has 5 rings (SSSR count). The molecule has 0 saturated heterocycles. The summed E-state index contributed by atoms with van der Waals surface area (Å²) in [5.74, 6) is 0.296. The molecule has 1 amide bonds. The van der Waals surface area contributed by atoms with Gasteiger partial charge in [0.1, 0.15) is 5.82 Å². The monoisotopic (exact) mass is 466 g/mol. The fourth-order valence-corrected chi connectivity index (χ4v) is 4.62. The van der Waals surface area contributed by atoms with Gasteiger partial charge < -0.3 is 5.32 Å². The average Bonchev–Trinajstić information content (AvgIpc) is 2.85.